The van der Waals surface area contributed by atoms with Gasteiger partial charge in [-0.05, 0) is 44.1 Å². The molecule has 7 heteroatoms. The third-order valence-corrected chi connectivity index (χ3v) is 5.51. The summed E-state index contributed by atoms with van der Waals surface area (Å²) in [6, 6.07) is 0.226. The van der Waals surface area contributed by atoms with Gasteiger partial charge in [-0.1, -0.05) is 18.7 Å². The number of primary amides is 1. The second-order valence-electron chi connectivity index (χ2n) is 5.53. The van der Waals surface area contributed by atoms with Crippen molar-refractivity contribution in [1.29, 1.82) is 0 Å². The molecule has 0 bridgehead atoms. The molecule has 2 rings (SSSR count). The van der Waals surface area contributed by atoms with Gasteiger partial charge < -0.3 is 11.1 Å². The molecule has 1 atom stereocenters. The standard InChI is InChI=1S/C13H22N4OS2/c1-4-10-15-12(20-17-10)19-7-13(11(14)18,9-5-6-9)16-8(2)3/h8-9,16H,4-7H2,1-3H3,(H2,14,18). The Hall–Kier alpha value is -0.660. The topological polar surface area (TPSA) is 80.9 Å². The van der Waals surface area contributed by atoms with E-state index >= 15 is 0 Å². The van der Waals surface area contributed by atoms with Gasteiger partial charge in [0.2, 0.25) is 5.91 Å². The summed E-state index contributed by atoms with van der Waals surface area (Å²) >= 11 is 2.98. The second kappa shape index (κ2) is 6.41. The van der Waals surface area contributed by atoms with E-state index in [0.29, 0.717) is 11.7 Å². The zero-order valence-electron chi connectivity index (χ0n) is 12.2. The van der Waals surface area contributed by atoms with Crippen molar-refractivity contribution in [3.8, 4) is 0 Å². The van der Waals surface area contributed by atoms with Crippen molar-refractivity contribution >= 4 is 29.2 Å². The van der Waals surface area contributed by atoms with Gasteiger partial charge in [0.25, 0.3) is 0 Å². The number of rotatable bonds is 8. The van der Waals surface area contributed by atoms with Crippen molar-refractivity contribution in [2.45, 2.75) is 56.0 Å². The predicted molar refractivity (Wildman–Crippen MR) is 82.9 cm³/mol. The number of hydrogen-bond acceptors (Lipinski definition) is 6. The van der Waals surface area contributed by atoms with Gasteiger partial charge in [0.15, 0.2) is 4.34 Å². The van der Waals surface area contributed by atoms with Crippen LogP contribution < -0.4 is 11.1 Å². The summed E-state index contributed by atoms with van der Waals surface area (Å²) in [5, 5.41) is 3.41. The molecule has 0 aliphatic heterocycles. The molecule has 0 radical (unpaired) electrons. The maximum Gasteiger partial charge on any atom is 0.238 e. The number of amides is 1. The van der Waals surface area contributed by atoms with E-state index in [4.69, 9.17) is 5.73 Å². The number of carbonyl (C=O) groups excluding carboxylic acids is 1. The SMILES string of the molecule is CCc1nsc(SCC(NC(C)C)(C(N)=O)C2CC2)n1. The van der Waals surface area contributed by atoms with Crippen molar-refractivity contribution in [3.05, 3.63) is 5.82 Å². The quantitative estimate of drug-likeness (QED) is 0.715. The molecule has 0 spiro atoms. The van der Waals surface area contributed by atoms with E-state index in [9.17, 15) is 4.79 Å². The first-order valence-electron chi connectivity index (χ1n) is 7.01. The number of thioether (sulfide) groups is 1. The van der Waals surface area contributed by atoms with Gasteiger partial charge in [-0.2, -0.15) is 4.37 Å². The highest BCUT2D eigenvalue weighted by Crippen LogP contribution is 2.42. The van der Waals surface area contributed by atoms with Gasteiger partial charge >= 0.3 is 0 Å². The molecule has 5 nitrogen and oxygen atoms in total. The van der Waals surface area contributed by atoms with E-state index in [1.54, 1.807) is 11.8 Å². The summed E-state index contributed by atoms with van der Waals surface area (Å²) in [7, 11) is 0. The number of nitrogens with one attached hydrogen (secondary N) is 1. The van der Waals surface area contributed by atoms with E-state index in [-0.39, 0.29) is 11.9 Å². The van der Waals surface area contributed by atoms with E-state index < -0.39 is 5.54 Å². The van der Waals surface area contributed by atoms with Crippen LogP contribution in [0.1, 0.15) is 39.4 Å². The van der Waals surface area contributed by atoms with Crippen molar-refractivity contribution < 1.29 is 4.79 Å². The van der Waals surface area contributed by atoms with Gasteiger partial charge in [-0.15, -0.1) is 0 Å². The average molecular weight is 314 g/mol. The van der Waals surface area contributed by atoms with Crippen LogP contribution in [0.25, 0.3) is 0 Å². The molecule has 1 aliphatic rings. The summed E-state index contributed by atoms with van der Waals surface area (Å²) in [6.07, 6.45) is 2.98. The van der Waals surface area contributed by atoms with Gasteiger partial charge in [0.05, 0.1) is 0 Å². The fourth-order valence-corrected chi connectivity index (χ4v) is 4.31. The molecule has 1 aromatic rings. The molecule has 112 valence electrons. The van der Waals surface area contributed by atoms with Gasteiger partial charge in [-0.3, -0.25) is 4.79 Å². The third kappa shape index (κ3) is 3.51. The lowest BCUT2D eigenvalue weighted by atomic mass is 9.93. The Morgan fingerprint density at radius 3 is 2.75 bits per heavy atom. The van der Waals surface area contributed by atoms with E-state index in [1.165, 1.54) is 11.5 Å². The first-order chi connectivity index (χ1) is 9.48. The van der Waals surface area contributed by atoms with Crippen LogP contribution >= 0.6 is 23.3 Å². The van der Waals surface area contributed by atoms with Gasteiger partial charge in [-0.25, -0.2) is 4.98 Å². The smallest absolute Gasteiger partial charge is 0.238 e. The minimum absolute atomic E-state index is 0.226. The summed E-state index contributed by atoms with van der Waals surface area (Å²) < 4.78 is 5.19. The lowest BCUT2D eigenvalue weighted by molar-refractivity contribution is -0.124. The van der Waals surface area contributed by atoms with Crippen LogP contribution in [-0.4, -0.2) is 32.6 Å². The third-order valence-electron chi connectivity index (χ3n) is 3.45. The second-order valence-corrected chi connectivity index (χ2v) is 7.50. The van der Waals surface area contributed by atoms with Crippen molar-refractivity contribution in [1.82, 2.24) is 14.7 Å². The molecule has 0 saturated heterocycles. The first-order valence-corrected chi connectivity index (χ1v) is 8.76. The maximum absolute atomic E-state index is 12.0. The van der Waals surface area contributed by atoms with E-state index in [0.717, 1.165) is 29.4 Å². The Balaban J connectivity index is 2.08. The highest BCUT2D eigenvalue weighted by Gasteiger charge is 2.50. The fourth-order valence-electron chi connectivity index (χ4n) is 2.33. The Bertz CT molecular complexity index is 473. The fraction of sp³-hybridized carbons (Fsp3) is 0.769. The van der Waals surface area contributed by atoms with Crippen LogP contribution in [0.4, 0.5) is 0 Å². The molecule has 1 fully saturated rings. The maximum atomic E-state index is 12.0. The molecule has 1 saturated carbocycles. The summed E-state index contributed by atoms with van der Waals surface area (Å²) in [4.78, 5) is 16.5. The number of hydrogen-bond donors (Lipinski definition) is 2. The van der Waals surface area contributed by atoms with E-state index in [1.807, 2.05) is 20.8 Å². The van der Waals surface area contributed by atoms with Gasteiger partial charge in [0, 0.05) is 18.2 Å². The van der Waals surface area contributed by atoms with E-state index in [2.05, 4.69) is 14.7 Å². The van der Waals surface area contributed by atoms with Crippen LogP contribution in [0.2, 0.25) is 0 Å². The molecule has 1 heterocycles. The molecule has 3 N–H and O–H groups in total. The van der Waals surface area contributed by atoms with Crippen LogP contribution in [0, 0.1) is 5.92 Å². The van der Waals surface area contributed by atoms with Crippen molar-refractivity contribution in [3.63, 3.8) is 0 Å². The molecule has 1 aromatic heterocycles. The highest BCUT2D eigenvalue weighted by molar-refractivity contribution is 8.01. The Morgan fingerprint density at radius 1 is 1.60 bits per heavy atom. The summed E-state index contributed by atoms with van der Waals surface area (Å²) in [5.74, 6) is 1.60. The lowest BCUT2D eigenvalue weighted by Gasteiger charge is -2.33. The Kier molecular flexibility index (Phi) is 5.04. The number of nitrogens with two attached hydrogens (primary N) is 1. The number of carbonyl (C=O) groups is 1. The minimum atomic E-state index is -0.614. The Morgan fingerprint density at radius 2 is 2.30 bits per heavy atom. The number of aryl methyl sites for hydroxylation is 1. The molecule has 0 aromatic carbocycles. The molecular formula is C13H22N4OS2. The molecule has 1 amide bonds. The minimum Gasteiger partial charge on any atom is -0.368 e. The van der Waals surface area contributed by atoms with Gasteiger partial charge in [0.1, 0.15) is 11.4 Å². The Labute approximate surface area is 128 Å². The lowest BCUT2D eigenvalue weighted by Crippen LogP contribution is -2.61. The number of aromatic nitrogens is 2. The van der Waals surface area contributed by atoms with Crippen LogP contribution in [-0.2, 0) is 11.2 Å². The van der Waals surface area contributed by atoms with Crippen molar-refractivity contribution in [2.75, 3.05) is 5.75 Å². The molecule has 1 aliphatic carbocycles. The summed E-state index contributed by atoms with van der Waals surface area (Å²) in [6.45, 7) is 6.13. The van der Waals surface area contributed by atoms with Crippen LogP contribution in [0.5, 0.6) is 0 Å². The zero-order valence-corrected chi connectivity index (χ0v) is 13.8. The monoisotopic (exact) mass is 314 g/mol. The predicted octanol–water partition coefficient (Wildman–Crippen LogP) is 1.82. The highest BCUT2D eigenvalue weighted by atomic mass is 32.2. The van der Waals surface area contributed by atoms with Crippen molar-refractivity contribution in [2.24, 2.45) is 11.7 Å². The van der Waals surface area contributed by atoms with Crippen LogP contribution in [0.3, 0.4) is 0 Å². The molecule has 1 unspecified atom stereocenters. The largest absolute Gasteiger partial charge is 0.368 e. The molecule has 20 heavy (non-hydrogen) atoms. The first kappa shape index (κ1) is 15.7. The van der Waals surface area contributed by atoms with Crippen LogP contribution in [0.15, 0.2) is 4.34 Å². The molecular weight excluding hydrogens is 292 g/mol. The number of nitrogens with zero attached hydrogens (tertiary/aromatic N) is 2. The normalized spacial score (nSPS) is 18.2. The summed E-state index contributed by atoms with van der Waals surface area (Å²) in [5.41, 5.74) is 5.09. The zero-order chi connectivity index (χ0) is 14.8. The average Bonchev–Trinajstić information content (AvgIpc) is 3.13.